The number of anilines is 3. The van der Waals surface area contributed by atoms with Crippen molar-refractivity contribution in [3.63, 3.8) is 0 Å². The zero-order valence-electron chi connectivity index (χ0n) is 23.9. The van der Waals surface area contributed by atoms with E-state index in [-0.39, 0.29) is 24.4 Å². The van der Waals surface area contributed by atoms with Crippen molar-refractivity contribution in [1.29, 1.82) is 0 Å². The van der Waals surface area contributed by atoms with Gasteiger partial charge in [0.15, 0.2) is 5.65 Å². The Bertz CT molecular complexity index is 1390. The molecule has 0 spiro atoms. The average molecular weight is 566 g/mol. The summed E-state index contributed by atoms with van der Waals surface area (Å²) >= 11 is 0. The van der Waals surface area contributed by atoms with Crippen LogP contribution in [0.4, 0.5) is 22.2 Å². The SMILES string of the molecule is Cc1c(CNc2ccc(OC(CC(NC(=O)OC(C)(C)C)C(=O)O)C3CCCC3)cc2)cnc2nc(N)nc(N)c12. The van der Waals surface area contributed by atoms with E-state index in [1.54, 1.807) is 27.0 Å². The van der Waals surface area contributed by atoms with Crippen LogP contribution < -0.4 is 26.8 Å². The molecule has 2 unspecified atom stereocenters. The van der Waals surface area contributed by atoms with Crippen molar-refractivity contribution in [2.75, 3.05) is 16.8 Å². The van der Waals surface area contributed by atoms with Gasteiger partial charge < -0.3 is 36.7 Å². The molecule has 1 saturated carbocycles. The van der Waals surface area contributed by atoms with Crippen LogP contribution in [0.2, 0.25) is 0 Å². The third-order valence-electron chi connectivity index (χ3n) is 7.14. The lowest BCUT2D eigenvalue weighted by Crippen LogP contribution is -2.46. The molecule has 41 heavy (non-hydrogen) atoms. The molecule has 12 nitrogen and oxygen atoms in total. The fourth-order valence-corrected chi connectivity index (χ4v) is 5.10. The maximum atomic E-state index is 12.3. The molecular formula is C29H39N7O5. The first-order chi connectivity index (χ1) is 19.4. The zero-order chi connectivity index (χ0) is 29.7. The number of nitrogen functional groups attached to an aromatic ring is 2. The van der Waals surface area contributed by atoms with Crippen LogP contribution in [0.5, 0.6) is 5.75 Å². The van der Waals surface area contributed by atoms with Gasteiger partial charge in [0.1, 0.15) is 29.3 Å². The van der Waals surface area contributed by atoms with Gasteiger partial charge in [-0.3, -0.25) is 0 Å². The van der Waals surface area contributed by atoms with E-state index in [0.29, 0.717) is 29.1 Å². The van der Waals surface area contributed by atoms with E-state index in [1.807, 2.05) is 31.2 Å². The van der Waals surface area contributed by atoms with Crippen molar-refractivity contribution >= 4 is 40.5 Å². The summed E-state index contributed by atoms with van der Waals surface area (Å²) in [6.07, 6.45) is 4.77. The standard InChI is InChI=1S/C29H39N7O5/c1-16-18(15-33-25-23(16)24(30)35-27(31)36-25)14-32-19-9-11-20(12-10-19)40-22(17-7-5-6-8-17)13-21(26(37)38)34-28(39)41-29(2,3)4/h9-12,15,17,21-22,32H,5-8,13-14H2,1-4H3,(H,34,39)(H,37,38)(H4,30,31,33,35,36). The second-order valence-corrected chi connectivity index (χ2v) is 11.4. The number of nitrogens with zero attached hydrogens (tertiary/aromatic N) is 3. The molecule has 4 rings (SSSR count). The van der Waals surface area contributed by atoms with Crippen LogP contribution in [-0.4, -0.2) is 49.9 Å². The smallest absolute Gasteiger partial charge is 0.408 e. The number of benzene rings is 1. The molecule has 12 heteroatoms. The normalized spacial score (nSPS) is 15.3. The van der Waals surface area contributed by atoms with Crippen molar-refractivity contribution in [2.45, 2.75) is 84.1 Å². The molecular weight excluding hydrogens is 526 g/mol. The molecule has 1 fully saturated rings. The predicted octanol–water partition coefficient (Wildman–Crippen LogP) is 4.42. The van der Waals surface area contributed by atoms with E-state index in [4.69, 9.17) is 20.9 Å². The Kier molecular flexibility index (Phi) is 8.99. The van der Waals surface area contributed by atoms with Crippen LogP contribution in [0.1, 0.15) is 64.0 Å². The molecule has 2 heterocycles. The van der Waals surface area contributed by atoms with Crippen LogP contribution in [0, 0.1) is 12.8 Å². The summed E-state index contributed by atoms with van der Waals surface area (Å²) in [4.78, 5) is 36.9. The maximum Gasteiger partial charge on any atom is 0.408 e. The largest absolute Gasteiger partial charge is 0.490 e. The summed E-state index contributed by atoms with van der Waals surface area (Å²) < 4.78 is 11.6. The lowest BCUT2D eigenvalue weighted by Gasteiger charge is -2.28. The highest BCUT2D eigenvalue weighted by atomic mass is 16.6. The predicted molar refractivity (Wildman–Crippen MR) is 156 cm³/mol. The van der Waals surface area contributed by atoms with Gasteiger partial charge in [-0.2, -0.15) is 9.97 Å². The van der Waals surface area contributed by atoms with E-state index >= 15 is 0 Å². The van der Waals surface area contributed by atoms with Crippen LogP contribution >= 0.6 is 0 Å². The number of fused-ring (bicyclic) bond motifs is 1. The second kappa shape index (κ2) is 12.4. The number of aliphatic carboxylic acids is 1. The van der Waals surface area contributed by atoms with Gasteiger partial charge in [0.25, 0.3) is 0 Å². The molecule has 0 bridgehead atoms. The van der Waals surface area contributed by atoms with Crippen LogP contribution in [0.25, 0.3) is 11.0 Å². The van der Waals surface area contributed by atoms with Gasteiger partial charge in [-0.25, -0.2) is 14.6 Å². The van der Waals surface area contributed by atoms with Gasteiger partial charge in [0.05, 0.1) is 5.39 Å². The lowest BCUT2D eigenvalue weighted by molar-refractivity contribution is -0.140. The molecule has 2 atom stereocenters. The van der Waals surface area contributed by atoms with Crippen LogP contribution in [-0.2, 0) is 16.1 Å². The monoisotopic (exact) mass is 565 g/mol. The van der Waals surface area contributed by atoms with Crippen LogP contribution in [0.3, 0.4) is 0 Å². The van der Waals surface area contributed by atoms with Crippen molar-refractivity contribution in [2.24, 2.45) is 5.92 Å². The third-order valence-corrected chi connectivity index (χ3v) is 7.14. The first-order valence-electron chi connectivity index (χ1n) is 13.8. The Morgan fingerprint density at radius 1 is 1.12 bits per heavy atom. The number of hydrogen-bond donors (Lipinski definition) is 5. The van der Waals surface area contributed by atoms with Gasteiger partial charge in [-0.15, -0.1) is 0 Å². The molecule has 1 aliphatic rings. The van der Waals surface area contributed by atoms with Crippen molar-refractivity contribution in [3.05, 3.63) is 41.6 Å². The van der Waals surface area contributed by atoms with Crippen LogP contribution in [0.15, 0.2) is 30.5 Å². The highest BCUT2D eigenvalue weighted by Gasteiger charge is 2.33. The van der Waals surface area contributed by atoms with E-state index in [2.05, 4.69) is 25.6 Å². The summed E-state index contributed by atoms with van der Waals surface area (Å²) in [5.41, 5.74) is 14.2. The molecule has 0 radical (unpaired) electrons. The highest BCUT2D eigenvalue weighted by molar-refractivity contribution is 5.90. The van der Waals surface area contributed by atoms with Crippen molar-refractivity contribution < 1.29 is 24.2 Å². The highest BCUT2D eigenvalue weighted by Crippen LogP contribution is 2.33. The van der Waals surface area contributed by atoms with Gasteiger partial charge in [0.2, 0.25) is 5.95 Å². The Morgan fingerprint density at radius 3 is 2.44 bits per heavy atom. The zero-order valence-corrected chi connectivity index (χ0v) is 23.9. The van der Waals surface area contributed by atoms with E-state index < -0.39 is 23.7 Å². The minimum absolute atomic E-state index is 0.0861. The molecule has 2 aromatic heterocycles. The van der Waals surface area contributed by atoms with Crippen molar-refractivity contribution in [1.82, 2.24) is 20.3 Å². The Labute approximate surface area is 239 Å². The number of carboxylic acid groups (broad SMARTS) is 1. The summed E-state index contributed by atoms with van der Waals surface area (Å²) in [6, 6.07) is 6.36. The summed E-state index contributed by atoms with van der Waals surface area (Å²) in [5.74, 6) is 0.0783. The number of nitrogens with one attached hydrogen (secondary N) is 2. The Hall–Kier alpha value is -4.35. The number of rotatable bonds is 10. The van der Waals surface area contributed by atoms with E-state index in [9.17, 15) is 14.7 Å². The number of carbonyl (C=O) groups excluding carboxylic acids is 1. The number of aryl methyl sites for hydroxylation is 1. The first kappa shape index (κ1) is 29.6. The number of ether oxygens (including phenoxy) is 2. The van der Waals surface area contributed by atoms with Gasteiger partial charge >= 0.3 is 12.1 Å². The number of carbonyl (C=O) groups is 2. The summed E-state index contributed by atoms with van der Waals surface area (Å²) in [7, 11) is 0. The fourth-order valence-electron chi connectivity index (χ4n) is 5.10. The third kappa shape index (κ3) is 7.86. The number of pyridine rings is 1. The second-order valence-electron chi connectivity index (χ2n) is 11.4. The van der Waals surface area contributed by atoms with Gasteiger partial charge in [0, 0.05) is 24.8 Å². The molecule has 1 amide bonds. The Morgan fingerprint density at radius 2 is 1.80 bits per heavy atom. The molecule has 3 aromatic rings. The molecule has 1 aliphatic carbocycles. The quantitative estimate of drug-likeness (QED) is 0.234. The molecule has 7 N–H and O–H groups in total. The Balaban J connectivity index is 1.42. The summed E-state index contributed by atoms with van der Waals surface area (Å²) in [6.45, 7) is 7.63. The number of hydrogen-bond acceptors (Lipinski definition) is 10. The average Bonchev–Trinajstić information content (AvgIpc) is 3.42. The summed E-state index contributed by atoms with van der Waals surface area (Å²) in [5, 5.41) is 16.4. The van der Waals surface area contributed by atoms with E-state index in [1.165, 1.54) is 0 Å². The van der Waals surface area contributed by atoms with Crippen molar-refractivity contribution in [3.8, 4) is 5.75 Å². The molecule has 0 aliphatic heterocycles. The van der Waals surface area contributed by atoms with E-state index in [0.717, 1.165) is 42.5 Å². The topological polar surface area (TPSA) is 188 Å². The number of alkyl carbamates (subject to hydrolysis) is 1. The van der Waals surface area contributed by atoms with Gasteiger partial charge in [-0.05, 0) is 81.8 Å². The number of amides is 1. The lowest BCUT2D eigenvalue weighted by atomic mass is 9.94. The number of aromatic nitrogens is 3. The minimum Gasteiger partial charge on any atom is -0.490 e. The first-order valence-corrected chi connectivity index (χ1v) is 13.8. The fraction of sp³-hybridized carbons (Fsp3) is 0.483. The molecule has 1 aromatic carbocycles. The minimum atomic E-state index is -1.13. The number of nitrogens with two attached hydrogens (primary N) is 2. The molecule has 0 saturated heterocycles. The number of carboxylic acids is 1. The van der Waals surface area contributed by atoms with Gasteiger partial charge in [-0.1, -0.05) is 12.8 Å². The maximum absolute atomic E-state index is 12.3. The molecule has 220 valence electrons.